The van der Waals surface area contributed by atoms with Crippen LogP contribution in [-0.4, -0.2) is 20.9 Å². The molecular formula is C21H18Cl2N2O2. The maximum atomic E-state index is 13.1. The Hall–Kier alpha value is -2.40. The summed E-state index contributed by atoms with van der Waals surface area (Å²) in [6.45, 7) is 0.674. The first kappa shape index (κ1) is 19.4. The Labute approximate surface area is 168 Å². The minimum Gasteiger partial charge on any atom is -0.392 e. The molecular weight excluding hydrogens is 383 g/mol. The average Bonchev–Trinajstić information content (AvgIpc) is 2.69. The Balaban J connectivity index is 1.89. The molecule has 0 saturated heterocycles. The fourth-order valence-electron chi connectivity index (χ4n) is 2.70. The number of carbonyl (C=O) groups excluding carboxylic acids is 1. The summed E-state index contributed by atoms with van der Waals surface area (Å²) in [5.74, 6) is -0.130. The van der Waals surface area contributed by atoms with Crippen LogP contribution in [-0.2, 0) is 19.7 Å². The van der Waals surface area contributed by atoms with Crippen molar-refractivity contribution in [2.75, 3.05) is 0 Å². The number of amides is 1. The van der Waals surface area contributed by atoms with Gasteiger partial charge in [0.15, 0.2) is 0 Å². The van der Waals surface area contributed by atoms with E-state index >= 15 is 0 Å². The average molecular weight is 401 g/mol. The summed E-state index contributed by atoms with van der Waals surface area (Å²) in [5.41, 5.74) is 3.03. The van der Waals surface area contributed by atoms with Gasteiger partial charge in [-0.05, 0) is 47.0 Å². The van der Waals surface area contributed by atoms with E-state index in [4.69, 9.17) is 23.2 Å². The van der Waals surface area contributed by atoms with Crippen LogP contribution in [0, 0.1) is 0 Å². The summed E-state index contributed by atoms with van der Waals surface area (Å²) in [7, 11) is 0. The van der Waals surface area contributed by atoms with Crippen LogP contribution in [0.15, 0.2) is 67.0 Å². The standard InChI is InChI=1S/C21H18Cl2N2O2/c22-19-8-7-18(20(23)10-19)13-25(12-16-2-1-9-24-11-16)21(27)17-5-3-15(14-26)4-6-17/h1-11,26H,12-14H2. The molecule has 1 heterocycles. The molecule has 3 aromatic rings. The molecule has 0 radical (unpaired) electrons. The fraction of sp³-hybridized carbons (Fsp3) is 0.143. The van der Waals surface area contributed by atoms with Gasteiger partial charge in [0, 0.05) is 41.1 Å². The van der Waals surface area contributed by atoms with Gasteiger partial charge in [-0.1, -0.05) is 47.5 Å². The van der Waals surface area contributed by atoms with E-state index in [9.17, 15) is 9.90 Å². The molecule has 0 aliphatic rings. The highest BCUT2D eigenvalue weighted by Crippen LogP contribution is 2.24. The van der Waals surface area contributed by atoms with Gasteiger partial charge in [-0.25, -0.2) is 0 Å². The summed E-state index contributed by atoms with van der Waals surface area (Å²) in [5, 5.41) is 10.3. The van der Waals surface area contributed by atoms with E-state index in [0.717, 1.165) is 16.7 Å². The predicted molar refractivity (Wildman–Crippen MR) is 107 cm³/mol. The highest BCUT2D eigenvalue weighted by Gasteiger charge is 2.18. The van der Waals surface area contributed by atoms with E-state index in [-0.39, 0.29) is 12.5 Å². The van der Waals surface area contributed by atoms with Crippen molar-refractivity contribution in [3.05, 3.63) is 99.3 Å². The second kappa shape index (κ2) is 9.00. The number of nitrogens with zero attached hydrogens (tertiary/aromatic N) is 2. The number of halogens is 2. The van der Waals surface area contributed by atoms with Gasteiger partial charge in [-0.15, -0.1) is 0 Å². The lowest BCUT2D eigenvalue weighted by Crippen LogP contribution is -2.30. The van der Waals surface area contributed by atoms with Crippen LogP contribution in [0.1, 0.15) is 27.0 Å². The number of hydrogen-bond acceptors (Lipinski definition) is 3. The summed E-state index contributed by atoms with van der Waals surface area (Å²) < 4.78 is 0. The molecule has 0 aliphatic carbocycles. The third kappa shape index (κ3) is 5.07. The van der Waals surface area contributed by atoms with E-state index < -0.39 is 0 Å². The van der Waals surface area contributed by atoms with Gasteiger partial charge in [-0.3, -0.25) is 9.78 Å². The molecule has 1 N–H and O–H groups in total. The lowest BCUT2D eigenvalue weighted by molar-refractivity contribution is 0.0730. The molecule has 0 spiro atoms. The monoisotopic (exact) mass is 400 g/mol. The molecule has 2 aromatic carbocycles. The zero-order valence-corrected chi connectivity index (χ0v) is 16.0. The molecule has 1 aromatic heterocycles. The van der Waals surface area contributed by atoms with Crippen LogP contribution in [0.25, 0.3) is 0 Å². The summed E-state index contributed by atoms with van der Waals surface area (Å²) in [6, 6.07) is 15.9. The number of benzene rings is 2. The van der Waals surface area contributed by atoms with Gasteiger partial charge in [0.05, 0.1) is 6.61 Å². The number of aliphatic hydroxyl groups excluding tert-OH is 1. The Morgan fingerprint density at radius 3 is 2.41 bits per heavy atom. The van der Waals surface area contributed by atoms with E-state index in [0.29, 0.717) is 28.7 Å². The Morgan fingerprint density at radius 1 is 1.00 bits per heavy atom. The van der Waals surface area contributed by atoms with Gasteiger partial charge in [-0.2, -0.15) is 0 Å². The van der Waals surface area contributed by atoms with Crippen molar-refractivity contribution in [1.82, 2.24) is 9.88 Å². The van der Waals surface area contributed by atoms with E-state index in [1.807, 2.05) is 18.2 Å². The van der Waals surface area contributed by atoms with E-state index in [1.54, 1.807) is 53.7 Å². The molecule has 138 valence electrons. The third-order valence-electron chi connectivity index (χ3n) is 4.14. The van der Waals surface area contributed by atoms with Gasteiger partial charge >= 0.3 is 0 Å². The molecule has 0 saturated carbocycles. The van der Waals surface area contributed by atoms with Crippen LogP contribution in [0.3, 0.4) is 0 Å². The molecule has 27 heavy (non-hydrogen) atoms. The lowest BCUT2D eigenvalue weighted by atomic mass is 10.1. The molecule has 0 atom stereocenters. The van der Waals surface area contributed by atoms with Crippen molar-refractivity contribution < 1.29 is 9.90 Å². The summed E-state index contributed by atoms with van der Waals surface area (Å²) >= 11 is 12.3. The van der Waals surface area contributed by atoms with Crippen molar-refractivity contribution in [3.63, 3.8) is 0 Å². The van der Waals surface area contributed by atoms with Crippen LogP contribution >= 0.6 is 23.2 Å². The van der Waals surface area contributed by atoms with Crippen molar-refractivity contribution in [2.45, 2.75) is 19.7 Å². The highest BCUT2D eigenvalue weighted by molar-refractivity contribution is 6.35. The molecule has 0 aliphatic heterocycles. The normalized spacial score (nSPS) is 10.6. The van der Waals surface area contributed by atoms with Crippen LogP contribution < -0.4 is 0 Å². The molecule has 0 bridgehead atoms. The fourth-order valence-corrected chi connectivity index (χ4v) is 3.17. The highest BCUT2D eigenvalue weighted by atomic mass is 35.5. The molecule has 0 unspecified atom stereocenters. The number of carbonyl (C=O) groups is 1. The van der Waals surface area contributed by atoms with Crippen molar-refractivity contribution >= 4 is 29.1 Å². The van der Waals surface area contributed by atoms with Gasteiger partial charge in [0.25, 0.3) is 5.91 Å². The minimum absolute atomic E-state index is 0.0613. The topological polar surface area (TPSA) is 53.4 Å². The van der Waals surface area contributed by atoms with Gasteiger partial charge in [0.2, 0.25) is 0 Å². The van der Waals surface area contributed by atoms with E-state index in [2.05, 4.69) is 4.98 Å². The number of aromatic nitrogens is 1. The zero-order chi connectivity index (χ0) is 19.2. The second-order valence-electron chi connectivity index (χ2n) is 6.11. The quantitative estimate of drug-likeness (QED) is 0.650. The second-order valence-corrected chi connectivity index (χ2v) is 6.96. The molecule has 3 rings (SSSR count). The molecule has 4 nitrogen and oxygen atoms in total. The zero-order valence-electron chi connectivity index (χ0n) is 14.5. The Morgan fingerprint density at radius 2 is 1.78 bits per heavy atom. The summed E-state index contributed by atoms with van der Waals surface area (Å²) in [6.07, 6.45) is 3.43. The lowest BCUT2D eigenvalue weighted by Gasteiger charge is -2.24. The minimum atomic E-state index is -0.130. The third-order valence-corrected chi connectivity index (χ3v) is 4.73. The van der Waals surface area contributed by atoms with Crippen molar-refractivity contribution in [1.29, 1.82) is 0 Å². The molecule has 6 heteroatoms. The largest absolute Gasteiger partial charge is 0.392 e. The smallest absolute Gasteiger partial charge is 0.254 e. The number of rotatable bonds is 6. The van der Waals surface area contributed by atoms with Gasteiger partial charge < -0.3 is 10.0 Å². The summed E-state index contributed by atoms with van der Waals surface area (Å²) in [4.78, 5) is 18.9. The Kier molecular flexibility index (Phi) is 6.45. The van der Waals surface area contributed by atoms with Crippen molar-refractivity contribution in [2.24, 2.45) is 0 Å². The molecule has 0 fully saturated rings. The van der Waals surface area contributed by atoms with E-state index in [1.165, 1.54) is 0 Å². The van der Waals surface area contributed by atoms with Crippen LogP contribution in [0.2, 0.25) is 10.0 Å². The first-order valence-electron chi connectivity index (χ1n) is 8.38. The van der Waals surface area contributed by atoms with Crippen LogP contribution in [0.4, 0.5) is 0 Å². The number of hydrogen-bond donors (Lipinski definition) is 1. The maximum Gasteiger partial charge on any atom is 0.254 e. The number of aliphatic hydroxyl groups is 1. The van der Waals surface area contributed by atoms with Gasteiger partial charge in [0.1, 0.15) is 0 Å². The first-order chi connectivity index (χ1) is 13.1. The maximum absolute atomic E-state index is 13.1. The molecule has 1 amide bonds. The Bertz CT molecular complexity index is 915. The van der Waals surface area contributed by atoms with Crippen LogP contribution in [0.5, 0.6) is 0 Å². The first-order valence-corrected chi connectivity index (χ1v) is 9.14. The van der Waals surface area contributed by atoms with Crippen molar-refractivity contribution in [3.8, 4) is 0 Å². The SMILES string of the molecule is O=C(c1ccc(CO)cc1)N(Cc1cccnc1)Cc1ccc(Cl)cc1Cl. The number of pyridine rings is 1. The predicted octanol–water partition coefficient (Wildman–Crippen LogP) is 4.72.